The standard InChI is InChI=1S/C16H34O8P2S/c1-6-11-21-25(19,22-12-7-2)16(15(17)18,27-10-5)26(20,23-13-8-3)24-14-9-4/h6-14H2,1-5H3,(H,17,18). The zero-order valence-corrected chi connectivity index (χ0v) is 19.6. The van der Waals surface area contributed by atoms with Crippen LogP contribution >= 0.6 is 27.0 Å². The van der Waals surface area contributed by atoms with Crippen molar-refractivity contribution in [2.45, 2.75) is 64.5 Å². The second-order valence-electron chi connectivity index (χ2n) is 5.67. The van der Waals surface area contributed by atoms with Gasteiger partial charge in [0.25, 0.3) is 0 Å². The molecular weight excluding hydrogens is 414 g/mol. The fourth-order valence-corrected chi connectivity index (χ4v) is 10.2. The van der Waals surface area contributed by atoms with E-state index in [0.717, 1.165) is 11.8 Å². The number of hydrogen-bond donors (Lipinski definition) is 1. The highest BCUT2D eigenvalue weighted by Crippen LogP contribution is 2.82. The van der Waals surface area contributed by atoms with Crippen LogP contribution in [0.5, 0.6) is 0 Å². The molecule has 0 heterocycles. The van der Waals surface area contributed by atoms with E-state index in [0.29, 0.717) is 25.7 Å². The Hall–Kier alpha value is 0.120. The van der Waals surface area contributed by atoms with Crippen LogP contribution in [0.15, 0.2) is 0 Å². The van der Waals surface area contributed by atoms with Gasteiger partial charge in [0.1, 0.15) is 0 Å². The summed E-state index contributed by atoms with van der Waals surface area (Å²) in [6.07, 6.45) is 1.95. The molecule has 0 aliphatic carbocycles. The smallest absolute Gasteiger partial charge is 0.370 e. The Bertz CT molecular complexity index is 471. The molecular formula is C16H34O8P2S. The second kappa shape index (κ2) is 13.4. The minimum Gasteiger partial charge on any atom is -0.479 e. The Morgan fingerprint density at radius 3 is 1.26 bits per heavy atom. The van der Waals surface area contributed by atoms with Crippen molar-refractivity contribution in [2.24, 2.45) is 0 Å². The molecule has 11 heteroatoms. The largest absolute Gasteiger partial charge is 0.479 e. The molecule has 0 amide bonds. The van der Waals surface area contributed by atoms with E-state index >= 15 is 0 Å². The summed E-state index contributed by atoms with van der Waals surface area (Å²) >= 11 is 0.722. The average molecular weight is 448 g/mol. The maximum Gasteiger partial charge on any atom is 0.370 e. The fraction of sp³-hybridized carbons (Fsp3) is 0.938. The lowest BCUT2D eigenvalue weighted by molar-refractivity contribution is -0.136. The number of aliphatic carboxylic acids is 1. The van der Waals surface area contributed by atoms with Crippen molar-refractivity contribution >= 4 is 32.9 Å². The predicted molar refractivity (Wildman–Crippen MR) is 109 cm³/mol. The van der Waals surface area contributed by atoms with Crippen molar-refractivity contribution in [2.75, 3.05) is 32.2 Å². The zero-order valence-electron chi connectivity index (χ0n) is 17.0. The Labute approximate surface area is 167 Å². The van der Waals surface area contributed by atoms with E-state index in [1.165, 1.54) is 0 Å². The number of rotatable bonds is 17. The first-order chi connectivity index (χ1) is 12.7. The number of hydrogen-bond acceptors (Lipinski definition) is 8. The Balaban J connectivity index is 6.55. The molecule has 0 radical (unpaired) electrons. The Morgan fingerprint density at radius 1 is 0.778 bits per heavy atom. The predicted octanol–water partition coefficient (Wildman–Crippen LogP) is 5.57. The average Bonchev–Trinajstić information content (AvgIpc) is 2.65. The number of thioether (sulfide) groups is 1. The minimum atomic E-state index is -4.42. The molecule has 0 unspecified atom stereocenters. The number of carboxylic acids is 1. The highest BCUT2D eigenvalue weighted by atomic mass is 32.2. The minimum absolute atomic E-state index is 0.00184. The van der Waals surface area contributed by atoms with Gasteiger partial charge in [0.2, 0.25) is 0 Å². The summed E-state index contributed by atoms with van der Waals surface area (Å²) in [5, 5.41) is 10.1. The molecule has 0 saturated carbocycles. The molecule has 27 heavy (non-hydrogen) atoms. The van der Waals surface area contributed by atoms with Crippen molar-refractivity contribution in [3.63, 3.8) is 0 Å². The van der Waals surface area contributed by atoms with Crippen LogP contribution in [0.3, 0.4) is 0 Å². The topological polar surface area (TPSA) is 108 Å². The Morgan fingerprint density at radius 2 is 1.07 bits per heavy atom. The highest BCUT2D eigenvalue weighted by Gasteiger charge is 2.71. The van der Waals surface area contributed by atoms with E-state index in [9.17, 15) is 19.0 Å². The first kappa shape index (κ1) is 27.1. The second-order valence-corrected chi connectivity index (χ2v) is 12.5. The van der Waals surface area contributed by atoms with Crippen LogP contribution in [0.4, 0.5) is 0 Å². The number of carbonyl (C=O) groups is 1. The summed E-state index contributed by atoms with van der Waals surface area (Å²) in [4.78, 5) is 12.5. The molecule has 0 saturated heterocycles. The molecule has 0 aromatic rings. The molecule has 0 bridgehead atoms. The quantitative estimate of drug-likeness (QED) is 0.286. The molecule has 0 aliphatic heterocycles. The van der Waals surface area contributed by atoms with Gasteiger partial charge in [-0.25, -0.2) is 4.79 Å². The third-order valence-corrected chi connectivity index (χ3v) is 11.6. The molecule has 0 atom stereocenters. The van der Waals surface area contributed by atoms with Crippen LogP contribution in [0.2, 0.25) is 0 Å². The lowest BCUT2D eigenvalue weighted by Gasteiger charge is -2.38. The van der Waals surface area contributed by atoms with Gasteiger partial charge in [-0.05, 0) is 31.4 Å². The lowest BCUT2D eigenvalue weighted by Crippen LogP contribution is -2.38. The molecule has 1 N–H and O–H groups in total. The molecule has 0 aromatic carbocycles. The molecule has 0 aliphatic rings. The zero-order chi connectivity index (χ0) is 21.0. The van der Waals surface area contributed by atoms with E-state index < -0.39 is 25.4 Å². The van der Waals surface area contributed by atoms with E-state index in [2.05, 4.69) is 0 Å². The van der Waals surface area contributed by atoms with Gasteiger partial charge in [-0.3, -0.25) is 9.13 Å². The monoisotopic (exact) mass is 448 g/mol. The summed E-state index contributed by atoms with van der Waals surface area (Å²) < 4.78 is 46.9. The molecule has 0 aromatic heterocycles. The van der Waals surface area contributed by atoms with Crippen molar-refractivity contribution in [1.82, 2.24) is 0 Å². The van der Waals surface area contributed by atoms with Crippen molar-refractivity contribution < 1.29 is 37.1 Å². The van der Waals surface area contributed by atoms with Gasteiger partial charge < -0.3 is 23.2 Å². The van der Waals surface area contributed by atoms with Gasteiger partial charge >= 0.3 is 25.4 Å². The summed E-state index contributed by atoms with van der Waals surface area (Å²) in [5.41, 5.74) is 0. The maximum atomic E-state index is 13.8. The summed E-state index contributed by atoms with van der Waals surface area (Å²) in [5.74, 6) is -1.38. The van der Waals surface area contributed by atoms with Gasteiger partial charge in [0, 0.05) is 0 Å². The van der Waals surface area contributed by atoms with E-state index in [1.54, 1.807) is 34.6 Å². The van der Waals surface area contributed by atoms with Gasteiger partial charge in [-0.15, -0.1) is 11.8 Å². The Kier molecular flexibility index (Phi) is 13.4. The lowest BCUT2D eigenvalue weighted by atomic mass is 10.5. The highest BCUT2D eigenvalue weighted by molar-refractivity contribution is 8.15. The molecule has 0 spiro atoms. The van der Waals surface area contributed by atoms with Gasteiger partial charge in [-0.2, -0.15) is 0 Å². The van der Waals surface area contributed by atoms with E-state index in [-0.39, 0.29) is 32.2 Å². The first-order valence-corrected chi connectivity index (χ1v) is 13.5. The van der Waals surface area contributed by atoms with Crippen molar-refractivity contribution in [1.29, 1.82) is 0 Å². The van der Waals surface area contributed by atoms with Gasteiger partial charge in [0.15, 0.2) is 0 Å². The molecule has 0 rings (SSSR count). The van der Waals surface area contributed by atoms with E-state index in [4.69, 9.17) is 18.1 Å². The van der Waals surface area contributed by atoms with Gasteiger partial charge in [-0.1, -0.05) is 34.6 Å². The SMILES string of the molecule is CCCOP(=O)(OCCC)C(SCC)(C(=O)O)P(=O)(OCCC)OCCC. The van der Waals surface area contributed by atoms with Crippen LogP contribution in [0, 0.1) is 0 Å². The first-order valence-electron chi connectivity index (χ1n) is 9.40. The molecule has 0 fully saturated rings. The number of carboxylic acid groups (broad SMARTS) is 1. The van der Waals surface area contributed by atoms with Crippen LogP contribution in [0.25, 0.3) is 0 Å². The van der Waals surface area contributed by atoms with E-state index in [1.807, 2.05) is 0 Å². The summed E-state index contributed by atoms with van der Waals surface area (Å²) in [6, 6.07) is 0. The molecule has 8 nitrogen and oxygen atoms in total. The van der Waals surface area contributed by atoms with Crippen LogP contribution in [-0.4, -0.2) is 47.5 Å². The van der Waals surface area contributed by atoms with Gasteiger partial charge in [0.05, 0.1) is 26.4 Å². The van der Waals surface area contributed by atoms with Crippen LogP contribution < -0.4 is 0 Å². The third kappa shape index (κ3) is 6.56. The van der Waals surface area contributed by atoms with Crippen LogP contribution in [-0.2, 0) is 32.0 Å². The van der Waals surface area contributed by atoms with Crippen molar-refractivity contribution in [3.8, 4) is 0 Å². The van der Waals surface area contributed by atoms with Crippen LogP contribution in [0.1, 0.15) is 60.3 Å². The summed E-state index contributed by atoms with van der Waals surface area (Å²) in [7, 11) is -8.84. The van der Waals surface area contributed by atoms with Crippen molar-refractivity contribution in [3.05, 3.63) is 0 Å². The molecule has 162 valence electrons. The fourth-order valence-electron chi connectivity index (χ4n) is 2.08. The third-order valence-electron chi connectivity index (χ3n) is 3.23. The summed E-state index contributed by atoms with van der Waals surface area (Å²) in [6.45, 7) is 8.85. The normalized spacial score (nSPS) is 13.1. The maximum absolute atomic E-state index is 13.8.